The van der Waals surface area contributed by atoms with E-state index in [0.29, 0.717) is 26.0 Å². The summed E-state index contributed by atoms with van der Waals surface area (Å²) >= 11 is 4.97. The molecule has 7 amide bonds. The molecular weight excluding hydrogens is 1230 g/mol. The molecule has 26 N–H and O–H groups in total. The number of benzene rings is 4. The molecule has 89 heavy (non-hydrogen) atoms. The Balaban J connectivity index is 1.60. The Morgan fingerprint density at radius 3 is 1.10 bits per heavy atom. The number of thioether (sulfide) groups is 4. The molecule has 0 aliphatic heterocycles. The van der Waals surface area contributed by atoms with Gasteiger partial charge in [-0.05, 0) is 149 Å². The summed E-state index contributed by atoms with van der Waals surface area (Å²) in [5, 5.41) is 16.6. The van der Waals surface area contributed by atoms with Crippen LogP contribution in [0.25, 0.3) is 0 Å². The standard InChI is InChI=1S/C56H78N20O9S4/c1-86-41-17-13-29(25-33(41)45(58)77)72-50(82)39(11-7-23-69-55(63)64)75-48(80)36-28-32(16-20-44(36)89-4)85-52(84)40(12-8-24-70-56(65)66)76-47(79)35-27-31(15-19-43(35)88-3)73-51(83)38(10-6-22-68-54(61)62)74-46(78)34-26-30(14-18-42(34)87-2)71-49(81)37(57)9-5-21-67-53(59)60/h13-20,25-28,37-40H,5-12,21-24,57H2,1-4H3,(H2,58,77)(H,71,81)(H,72,82)(H,73,83)(H,74,78)(H,75,80)(H,76,79)(H4,59,60,67)(H4,61,62,68)(H4,63,64,69)(H4,65,66,70)/t37-,38-,39-,40-/m0/s1. The lowest BCUT2D eigenvalue weighted by atomic mass is 10.1. The molecular formula is C56H78N20O9S4. The zero-order valence-corrected chi connectivity index (χ0v) is 52.9. The second-order valence-electron chi connectivity index (χ2n) is 19.3. The second-order valence-corrected chi connectivity index (χ2v) is 22.7. The minimum Gasteiger partial charge on any atom is -0.425 e. The van der Waals surface area contributed by atoms with Gasteiger partial charge in [-0.25, -0.2) is 4.79 Å². The summed E-state index contributed by atoms with van der Waals surface area (Å²) in [7, 11) is 0. The third-order valence-electron chi connectivity index (χ3n) is 12.8. The number of hydrogen-bond acceptors (Lipinski definition) is 18. The lowest BCUT2D eigenvalue weighted by molar-refractivity contribution is -0.136. The minimum atomic E-state index is -1.35. The van der Waals surface area contributed by atoms with Gasteiger partial charge in [0.15, 0.2) is 23.8 Å². The van der Waals surface area contributed by atoms with Gasteiger partial charge in [0.2, 0.25) is 23.6 Å². The van der Waals surface area contributed by atoms with Crippen LogP contribution in [0, 0.1) is 0 Å². The van der Waals surface area contributed by atoms with Gasteiger partial charge in [0, 0.05) is 62.8 Å². The fourth-order valence-corrected chi connectivity index (χ4v) is 10.7. The molecule has 33 heteroatoms. The molecule has 0 aliphatic carbocycles. The highest BCUT2D eigenvalue weighted by atomic mass is 32.2. The van der Waals surface area contributed by atoms with Gasteiger partial charge in [0.1, 0.15) is 23.9 Å². The quantitative estimate of drug-likeness (QED) is 0.00771. The van der Waals surface area contributed by atoms with Crippen molar-refractivity contribution in [2.75, 3.05) is 67.2 Å². The van der Waals surface area contributed by atoms with Gasteiger partial charge in [-0.3, -0.25) is 53.5 Å². The number of anilines is 3. The number of guanidine groups is 4. The topological polar surface area (TPSA) is 528 Å². The van der Waals surface area contributed by atoms with Gasteiger partial charge in [0.25, 0.3) is 17.7 Å². The number of aliphatic imine (C=N–C) groups is 4. The fourth-order valence-electron chi connectivity index (χ4n) is 8.37. The molecule has 4 aromatic carbocycles. The van der Waals surface area contributed by atoms with Crippen molar-refractivity contribution in [2.24, 2.45) is 77.3 Å². The van der Waals surface area contributed by atoms with Crippen LogP contribution in [0.2, 0.25) is 0 Å². The smallest absolute Gasteiger partial charge is 0.334 e. The van der Waals surface area contributed by atoms with Gasteiger partial charge < -0.3 is 94.0 Å². The number of nitrogens with two attached hydrogens (primary N) is 10. The van der Waals surface area contributed by atoms with Crippen LogP contribution in [0.5, 0.6) is 5.75 Å². The van der Waals surface area contributed by atoms with Crippen molar-refractivity contribution in [2.45, 2.75) is 95.1 Å². The number of hydrogen-bond donors (Lipinski definition) is 16. The summed E-state index contributed by atoms with van der Waals surface area (Å²) in [5.74, 6) is -6.24. The first-order valence-electron chi connectivity index (χ1n) is 27.4. The van der Waals surface area contributed by atoms with Gasteiger partial charge in [-0.15, -0.1) is 47.0 Å². The van der Waals surface area contributed by atoms with E-state index in [-0.39, 0.29) is 140 Å². The molecule has 0 aromatic heterocycles. The maximum Gasteiger partial charge on any atom is 0.334 e. The second kappa shape index (κ2) is 37.0. The van der Waals surface area contributed by atoms with Crippen LogP contribution in [0.3, 0.4) is 0 Å². The van der Waals surface area contributed by atoms with Crippen molar-refractivity contribution in [1.29, 1.82) is 0 Å². The highest BCUT2D eigenvalue weighted by Gasteiger charge is 2.29. The Labute approximate surface area is 531 Å². The minimum absolute atomic E-state index is 0.0348. The first-order chi connectivity index (χ1) is 42.4. The van der Waals surface area contributed by atoms with Gasteiger partial charge in [-0.1, -0.05) is 0 Å². The molecule has 4 rings (SSSR count). The Morgan fingerprint density at radius 2 is 0.730 bits per heavy atom. The molecule has 0 unspecified atom stereocenters. The number of primary amides is 1. The third kappa shape index (κ3) is 24.3. The van der Waals surface area contributed by atoms with Gasteiger partial charge in [-0.2, -0.15) is 0 Å². The molecule has 29 nitrogen and oxygen atoms in total. The summed E-state index contributed by atoms with van der Waals surface area (Å²) < 4.78 is 5.87. The van der Waals surface area contributed by atoms with E-state index in [4.69, 9.17) is 62.1 Å². The van der Waals surface area contributed by atoms with Crippen molar-refractivity contribution in [1.82, 2.24) is 16.0 Å². The van der Waals surface area contributed by atoms with Crippen molar-refractivity contribution < 1.29 is 43.1 Å². The Morgan fingerprint density at radius 1 is 0.416 bits per heavy atom. The lowest BCUT2D eigenvalue weighted by Gasteiger charge is -2.21. The molecule has 0 spiro atoms. The van der Waals surface area contributed by atoms with E-state index >= 15 is 0 Å². The number of ether oxygens (including phenoxy) is 1. The van der Waals surface area contributed by atoms with E-state index in [0.717, 1.165) is 0 Å². The molecule has 4 aromatic rings. The Kier molecular flexibility index (Phi) is 30.2. The SMILES string of the molecule is CSc1ccc(NC(=O)[C@H](CCCN=C(N)N)NC(=O)c2cc(OC(=O)[C@H](CCCN=C(N)N)NC(=O)c3cc(NC(=O)[C@H](CCCN=C(N)N)NC(=O)c4cc(NC(=O)[C@@H](N)CCCN=C(N)N)ccc4SC)ccc3SC)ccc2SC)cc1C(N)=O. The van der Waals surface area contributed by atoms with E-state index in [1.807, 2.05) is 0 Å². The van der Waals surface area contributed by atoms with E-state index < -0.39 is 71.5 Å². The van der Waals surface area contributed by atoms with Crippen LogP contribution >= 0.6 is 47.0 Å². The third-order valence-corrected chi connectivity index (χ3v) is 15.9. The van der Waals surface area contributed by atoms with Crippen molar-refractivity contribution in [3.05, 3.63) is 95.1 Å². The van der Waals surface area contributed by atoms with Gasteiger partial charge >= 0.3 is 5.97 Å². The summed E-state index contributed by atoms with van der Waals surface area (Å²) in [5.41, 5.74) is 56.9. The van der Waals surface area contributed by atoms with E-state index in [1.165, 1.54) is 77.4 Å². The monoisotopic (exact) mass is 1300 g/mol. The molecule has 0 saturated carbocycles. The predicted octanol–water partition coefficient (Wildman–Crippen LogP) is 1.33. The zero-order chi connectivity index (χ0) is 65.7. The fraction of sp³-hybridized carbons (Fsp3) is 0.357. The van der Waals surface area contributed by atoms with E-state index in [1.54, 1.807) is 67.5 Å². The molecule has 0 saturated heterocycles. The largest absolute Gasteiger partial charge is 0.425 e. The first-order valence-corrected chi connectivity index (χ1v) is 32.3. The molecule has 0 fully saturated rings. The summed E-state index contributed by atoms with van der Waals surface area (Å²) in [6.45, 7) is 0.615. The van der Waals surface area contributed by atoms with Crippen molar-refractivity contribution in [3.63, 3.8) is 0 Å². The van der Waals surface area contributed by atoms with Crippen molar-refractivity contribution in [3.8, 4) is 5.75 Å². The molecule has 4 atom stereocenters. The lowest BCUT2D eigenvalue weighted by Crippen LogP contribution is -2.44. The molecule has 0 aliphatic rings. The summed E-state index contributed by atoms with van der Waals surface area (Å²) in [6, 6.07) is 13.6. The number of nitrogens with zero attached hydrogens (tertiary/aromatic N) is 4. The first kappa shape index (κ1) is 72.6. The Hall–Kier alpha value is -8.92. The maximum absolute atomic E-state index is 14.4. The van der Waals surface area contributed by atoms with Crippen LogP contribution in [-0.2, 0) is 19.2 Å². The van der Waals surface area contributed by atoms with Crippen LogP contribution < -0.4 is 94.0 Å². The number of nitrogens with one attached hydrogen (secondary N) is 6. The summed E-state index contributed by atoms with van der Waals surface area (Å²) in [6.07, 6.45) is 8.47. The predicted molar refractivity (Wildman–Crippen MR) is 354 cm³/mol. The van der Waals surface area contributed by atoms with Crippen LogP contribution in [0.15, 0.2) is 112 Å². The highest BCUT2D eigenvalue weighted by Crippen LogP contribution is 2.29. The number of rotatable bonds is 35. The van der Waals surface area contributed by atoms with Crippen LogP contribution in [0.4, 0.5) is 17.1 Å². The Bertz CT molecular complexity index is 3300. The number of carbonyl (C=O) groups is 8. The molecule has 0 radical (unpaired) electrons. The molecule has 0 bridgehead atoms. The highest BCUT2D eigenvalue weighted by molar-refractivity contribution is 7.99. The van der Waals surface area contributed by atoms with Crippen molar-refractivity contribution >= 4 is 135 Å². The van der Waals surface area contributed by atoms with E-state index in [2.05, 4.69) is 51.9 Å². The average molecular weight is 1300 g/mol. The van der Waals surface area contributed by atoms with Crippen LogP contribution in [0.1, 0.15) is 92.8 Å². The maximum atomic E-state index is 14.4. The average Bonchev–Trinajstić information content (AvgIpc) is 2.33. The summed E-state index contributed by atoms with van der Waals surface area (Å²) in [4.78, 5) is 128. The molecule has 480 valence electrons. The number of amides is 7. The number of esters is 1. The molecule has 0 heterocycles. The van der Waals surface area contributed by atoms with Gasteiger partial charge in [0.05, 0.1) is 28.3 Å². The normalized spacial score (nSPS) is 12.1. The number of carbonyl (C=O) groups excluding carboxylic acids is 8. The zero-order valence-electron chi connectivity index (χ0n) is 49.6. The van der Waals surface area contributed by atoms with E-state index in [9.17, 15) is 38.4 Å². The van der Waals surface area contributed by atoms with Crippen LogP contribution in [-0.4, -0.2) is 147 Å².